The molecule has 0 bridgehead atoms. The molecule has 0 aliphatic carbocycles. The maximum absolute atomic E-state index is 11.0. The van der Waals surface area contributed by atoms with Crippen LogP contribution in [0.25, 0.3) is 53.9 Å². The van der Waals surface area contributed by atoms with Crippen molar-refractivity contribution in [1.82, 2.24) is 0 Å². The molecule has 0 heterocycles. The van der Waals surface area contributed by atoms with Gasteiger partial charge in [0.05, 0.1) is 4.47 Å². The second-order valence-electron chi connectivity index (χ2n) is 7.12. The highest BCUT2D eigenvalue weighted by molar-refractivity contribution is 9.13. The van der Waals surface area contributed by atoms with Gasteiger partial charge in [-0.15, -0.1) is 0 Å². The highest BCUT2D eigenvalue weighted by Crippen LogP contribution is 2.53. The summed E-state index contributed by atoms with van der Waals surface area (Å²) in [5, 5.41) is 31.9. The van der Waals surface area contributed by atoms with Crippen LogP contribution in [0.2, 0.25) is 0 Å². The van der Waals surface area contributed by atoms with E-state index in [0.29, 0.717) is 9.86 Å². The van der Waals surface area contributed by atoms with E-state index in [9.17, 15) is 10.2 Å². The fourth-order valence-corrected chi connectivity index (χ4v) is 5.55. The van der Waals surface area contributed by atoms with Crippen molar-refractivity contribution < 1.29 is 10.2 Å². The van der Waals surface area contributed by atoms with Crippen LogP contribution < -0.4 is 0 Å². The van der Waals surface area contributed by atoms with E-state index in [1.807, 2.05) is 18.2 Å². The summed E-state index contributed by atoms with van der Waals surface area (Å²) in [7, 11) is 0. The van der Waals surface area contributed by atoms with Gasteiger partial charge >= 0.3 is 0 Å². The molecule has 2 nitrogen and oxygen atoms in total. The Morgan fingerprint density at radius 2 is 1.21 bits per heavy atom. The Morgan fingerprint density at radius 3 is 2.07 bits per heavy atom. The highest BCUT2D eigenvalue weighted by Gasteiger charge is 2.23. The average Bonchev–Trinajstić information content (AvgIpc) is 2.73. The molecular weight excluding hydrogens is 480 g/mol. The first-order valence-electron chi connectivity index (χ1n) is 8.88. The fraction of sp³-hybridized carbons (Fsp3) is 0. The van der Waals surface area contributed by atoms with Crippen molar-refractivity contribution >= 4 is 85.7 Å². The molecule has 2 N–H and O–H groups in total. The van der Waals surface area contributed by atoms with E-state index in [0.717, 1.165) is 47.6 Å². The Balaban J connectivity index is 2.16. The number of benzene rings is 6. The van der Waals surface area contributed by atoms with Crippen LogP contribution in [0.3, 0.4) is 0 Å². The largest absolute Gasteiger partial charge is 0.504 e. The lowest BCUT2D eigenvalue weighted by Crippen LogP contribution is -1.91. The van der Waals surface area contributed by atoms with Crippen LogP contribution in [0, 0.1) is 0 Å². The van der Waals surface area contributed by atoms with Crippen molar-refractivity contribution in [2.45, 2.75) is 0 Å². The molecule has 6 aromatic rings. The van der Waals surface area contributed by atoms with Crippen molar-refractivity contribution in [3.8, 4) is 11.5 Å². The van der Waals surface area contributed by atoms with Crippen LogP contribution in [0.5, 0.6) is 11.5 Å². The lowest BCUT2D eigenvalue weighted by molar-refractivity contribution is 0.406. The second-order valence-corrected chi connectivity index (χ2v) is 8.70. The molecule has 0 spiro atoms. The number of phenolic OH excluding ortho intramolecular Hbond substituents is 2. The Hall–Kier alpha value is -2.56. The van der Waals surface area contributed by atoms with Gasteiger partial charge in [0, 0.05) is 20.6 Å². The summed E-state index contributed by atoms with van der Waals surface area (Å²) in [6.07, 6.45) is 0. The molecule has 134 valence electrons. The zero-order chi connectivity index (χ0) is 19.2. The third-order valence-corrected chi connectivity index (χ3v) is 7.82. The van der Waals surface area contributed by atoms with Gasteiger partial charge in [0.25, 0.3) is 0 Å². The number of fused-ring (bicyclic) bond motifs is 5. The molecule has 0 unspecified atom stereocenters. The van der Waals surface area contributed by atoms with Crippen molar-refractivity contribution in [1.29, 1.82) is 0 Å². The SMILES string of the molecule is Oc1c(Br)c(Br)c2c3cccc4ccc5cc6ccccc6c(c2c1O)c5c43. The standard InChI is InChI=1S/C24H12Br2O2/c25-21-19-15-7-3-5-11-8-9-13-10-12-4-1-2-6-14(12)18(17(13)16(11)15)20(19)23(27)24(28)22(21)26/h1-10,27-28H. The zero-order valence-electron chi connectivity index (χ0n) is 14.4. The molecule has 4 heteroatoms. The van der Waals surface area contributed by atoms with Gasteiger partial charge in [0.1, 0.15) is 0 Å². The van der Waals surface area contributed by atoms with E-state index < -0.39 is 0 Å². The van der Waals surface area contributed by atoms with E-state index in [1.165, 1.54) is 5.39 Å². The van der Waals surface area contributed by atoms with Crippen molar-refractivity contribution in [3.05, 3.63) is 69.6 Å². The number of halogens is 2. The molecule has 0 aromatic heterocycles. The first-order chi connectivity index (χ1) is 13.6. The molecule has 0 atom stereocenters. The number of hydrogen-bond donors (Lipinski definition) is 2. The molecular formula is C24H12Br2O2. The second kappa shape index (κ2) is 5.49. The normalized spacial score (nSPS) is 12.2. The summed E-state index contributed by atoms with van der Waals surface area (Å²) in [5.74, 6) is -0.257. The summed E-state index contributed by atoms with van der Waals surface area (Å²) in [6, 6.07) is 20.9. The monoisotopic (exact) mass is 490 g/mol. The van der Waals surface area contributed by atoms with Crippen molar-refractivity contribution in [2.75, 3.05) is 0 Å². The van der Waals surface area contributed by atoms with Gasteiger partial charge < -0.3 is 10.2 Å². The van der Waals surface area contributed by atoms with Gasteiger partial charge in [-0.05, 0) is 75.6 Å². The van der Waals surface area contributed by atoms with Crippen LogP contribution in [0.4, 0.5) is 0 Å². The van der Waals surface area contributed by atoms with Crippen LogP contribution >= 0.6 is 31.9 Å². The molecule has 0 saturated heterocycles. The summed E-state index contributed by atoms with van der Waals surface area (Å²) < 4.78 is 1.19. The van der Waals surface area contributed by atoms with E-state index >= 15 is 0 Å². The minimum Gasteiger partial charge on any atom is -0.504 e. The number of phenols is 2. The fourth-order valence-electron chi connectivity index (χ4n) is 4.57. The van der Waals surface area contributed by atoms with Crippen LogP contribution in [-0.4, -0.2) is 10.2 Å². The predicted molar refractivity (Wildman–Crippen MR) is 124 cm³/mol. The number of hydrogen-bond acceptors (Lipinski definition) is 2. The Bertz CT molecular complexity index is 1600. The number of aromatic hydroxyl groups is 2. The van der Waals surface area contributed by atoms with Crippen LogP contribution in [0.1, 0.15) is 0 Å². The van der Waals surface area contributed by atoms with Crippen molar-refractivity contribution in [2.24, 2.45) is 0 Å². The van der Waals surface area contributed by atoms with Gasteiger partial charge in [-0.3, -0.25) is 0 Å². The summed E-state index contributed by atoms with van der Waals surface area (Å²) >= 11 is 7.09. The topological polar surface area (TPSA) is 40.5 Å². The van der Waals surface area contributed by atoms with Gasteiger partial charge in [0.15, 0.2) is 11.5 Å². The highest BCUT2D eigenvalue weighted by atomic mass is 79.9. The van der Waals surface area contributed by atoms with Gasteiger partial charge in [-0.1, -0.05) is 54.6 Å². The first kappa shape index (κ1) is 16.4. The third kappa shape index (κ3) is 1.87. The van der Waals surface area contributed by atoms with Crippen molar-refractivity contribution in [3.63, 3.8) is 0 Å². The predicted octanol–water partition coefficient (Wildman–Crippen LogP) is 7.83. The smallest absolute Gasteiger partial charge is 0.173 e. The van der Waals surface area contributed by atoms with Gasteiger partial charge in [-0.2, -0.15) is 0 Å². The molecule has 0 radical (unpaired) electrons. The lowest BCUT2D eigenvalue weighted by Gasteiger charge is -2.19. The first-order valence-corrected chi connectivity index (χ1v) is 10.5. The molecule has 0 saturated carbocycles. The molecule has 6 aromatic carbocycles. The summed E-state index contributed by atoms with van der Waals surface area (Å²) in [6.45, 7) is 0. The molecule has 0 amide bonds. The van der Waals surface area contributed by atoms with E-state index in [-0.39, 0.29) is 11.5 Å². The maximum Gasteiger partial charge on any atom is 0.173 e. The average molecular weight is 492 g/mol. The summed E-state index contributed by atoms with van der Waals surface area (Å²) in [5.41, 5.74) is 0. The van der Waals surface area contributed by atoms with E-state index in [4.69, 9.17) is 0 Å². The zero-order valence-corrected chi connectivity index (χ0v) is 17.6. The molecule has 0 aliphatic heterocycles. The number of rotatable bonds is 0. The quantitative estimate of drug-likeness (QED) is 0.129. The lowest BCUT2D eigenvalue weighted by atomic mass is 9.86. The Morgan fingerprint density at radius 1 is 0.500 bits per heavy atom. The van der Waals surface area contributed by atoms with Crippen LogP contribution in [0.15, 0.2) is 69.6 Å². The van der Waals surface area contributed by atoms with E-state index in [1.54, 1.807) is 0 Å². The third-order valence-electron chi connectivity index (χ3n) is 5.72. The maximum atomic E-state index is 11.0. The van der Waals surface area contributed by atoms with Gasteiger partial charge in [-0.25, -0.2) is 0 Å². The minimum atomic E-state index is -0.154. The summed E-state index contributed by atoms with van der Waals surface area (Å²) in [4.78, 5) is 0. The van der Waals surface area contributed by atoms with E-state index in [2.05, 4.69) is 74.3 Å². The Labute approximate surface area is 176 Å². The molecule has 28 heavy (non-hydrogen) atoms. The Kier molecular flexibility index (Phi) is 3.22. The molecule has 0 fully saturated rings. The molecule has 0 aliphatic rings. The molecule has 6 rings (SSSR count). The minimum absolute atomic E-state index is 0.103. The van der Waals surface area contributed by atoms with Gasteiger partial charge in [0.2, 0.25) is 0 Å². The van der Waals surface area contributed by atoms with Crippen LogP contribution in [-0.2, 0) is 0 Å².